The number of carbonyl (C=O) groups is 1. The summed E-state index contributed by atoms with van der Waals surface area (Å²) in [6, 6.07) is 12.7. The van der Waals surface area contributed by atoms with Crippen molar-refractivity contribution in [2.24, 2.45) is 0 Å². The Bertz CT molecular complexity index is 760. The highest BCUT2D eigenvalue weighted by atomic mass is 19.1. The smallest absolute Gasteiger partial charge is 0.238 e. The van der Waals surface area contributed by atoms with Gasteiger partial charge in [-0.3, -0.25) is 14.6 Å². The van der Waals surface area contributed by atoms with Gasteiger partial charge in [0.2, 0.25) is 5.91 Å². The van der Waals surface area contributed by atoms with Crippen LogP contribution in [0.15, 0.2) is 48.5 Å². The molecule has 1 aliphatic heterocycles. The van der Waals surface area contributed by atoms with Crippen molar-refractivity contribution >= 4 is 11.6 Å². The Morgan fingerprint density at radius 2 is 1.81 bits per heavy atom. The normalized spacial score (nSPS) is 17.0. The molecule has 26 heavy (non-hydrogen) atoms. The topological polar surface area (TPSA) is 35.6 Å². The second-order valence-corrected chi connectivity index (χ2v) is 6.57. The van der Waals surface area contributed by atoms with Crippen molar-refractivity contribution in [2.75, 3.05) is 38.0 Å². The van der Waals surface area contributed by atoms with Gasteiger partial charge in [0, 0.05) is 43.5 Å². The Morgan fingerprint density at radius 1 is 1.08 bits per heavy atom. The molecule has 1 amide bonds. The number of anilines is 1. The Kier molecular flexibility index (Phi) is 5.96. The third-order valence-electron chi connectivity index (χ3n) is 4.79. The van der Waals surface area contributed by atoms with Crippen LogP contribution < -0.4 is 5.32 Å². The molecule has 6 heteroatoms. The summed E-state index contributed by atoms with van der Waals surface area (Å²) in [7, 11) is 0. The van der Waals surface area contributed by atoms with Crippen LogP contribution >= 0.6 is 0 Å². The molecule has 1 saturated heterocycles. The maximum Gasteiger partial charge on any atom is 0.238 e. The lowest BCUT2D eigenvalue weighted by molar-refractivity contribution is -0.117. The monoisotopic (exact) mass is 359 g/mol. The Labute approximate surface area is 152 Å². The van der Waals surface area contributed by atoms with Crippen LogP contribution in [0, 0.1) is 11.6 Å². The molecule has 0 spiro atoms. The molecule has 0 saturated carbocycles. The summed E-state index contributed by atoms with van der Waals surface area (Å²) in [6.45, 7) is 5.26. The largest absolute Gasteiger partial charge is 0.325 e. The van der Waals surface area contributed by atoms with Crippen LogP contribution in [-0.2, 0) is 4.79 Å². The molecule has 0 aliphatic carbocycles. The maximum atomic E-state index is 14.0. The molecular weight excluding hydrogens is 336 g/mol. The van der Waals surface area contributed by atoms with Gasteiger partial charge in [-0.15, -0.1) is 0 Å². The quantitative estimate of drug-likeness (QED) is 0.890. The number of carbonyl (C=O) groups excluding carboxylic acids is 1. The minimum Gasteiger partial charge on any atom is -0.325 e. The van der Waals surface area contributed by atoms with Gasteiger partial charge in [-0.1, -0.05) is 24.3 Å². The van der Waals surface area contributed by atoms with E-state index in [2.05, 4.69) is 15.1 Å². The Balaban J connectivity index is 1.49. The Morgan fingerprint density at radius 3 is 2.50 bits per heavy atom. The highest BCUT2D eigenvalue weighted by Gasteiger charge is 2.24. The lowest BCUT2D eigenvalue weighted by atomic mass is 10.1. The number of halogens is 2. The van der Waals surface area contributed by atoms with Crippen molar-refractivity contribution in [1.29, 1.82) is 0 Å². The molecular formula is C20H23F2N3O. The van der Waals surface area contributed by atoms with Gasteiger partial charge in [0.1, 0.15) is 11.6 Å². The van der Waals surface area contributed by atoms with Crippen molar-refractivity contribution < 1.29 is 13.6 Å². The summed E-state index contributed by atoms with van der Waals surface area (Å²) in [6.07, 6.45) is 0. The molecule has 1 aliphatic rings. The number of benzene rings is 2. The molecule has 3 rings (SSSR count). The van der Waals surface area contributed by atoms with Crippen molar-refractivity contribution in [3.05, 3.63) is 65.7 Å². The van der Waals surface area contributed by atoms with E-state index in [1.807, 2.05) is 19.1 Å². The summed E-state index contributed by atoms with van der Waals surface area (Å²) in [5.41, 5.74) is 1.16. The van der Waals surface area contributed by atoms with Crippen molar-refractivity contribution in [2.45, 2.75) is 13.0 Å². The summed E-state index contributed by atoms with van der Waals surface area (Å²) in [5.74, 6) is -0.721. The van der Waals surface area contributed by atoms with E-state index in [4.69, 9.17) is 0 Å². The van der Waals surface area contributed by atoms with Gasteiger partial charge in [-0.2, -0.15) is 0 Å². The van der Waals surface area contributed by atoms with Gasteiger partial charge >= 0.3 is 0 Å². The first-order valence-corrected chi connectivity index (χ1v) is 8.79. The number of amides is 1. The zero-order chi connectivity index (χ0) is 18.5. The molecule has 0 radical (unpaired) electrons. The van der Waals surface area contributed by atoms with E-state index >= 15 is 0 Å². The molecule has 1 atom stereocenters. The van der Waals surface area contributed by atoms with E-state index in [0.717, 1.165) is 26.2 Å². The molecule has 1 heterocycles. The minimum atomic E-state index is -0.376. The van der Waals surface area contributed by atoms with Crippen molar-refractivity contribution in [3.8, 4) is 0 Å². The molecule has 0 aromatic heterocycles. The summed E-state index contributed by atoms with van der Waals surface area (Å²) in [4.78, 5) is 16.4. The lowest BCUT2D eigenvalue weighted by Gasteiger charge is -2.38. The molecule has 138 valence electrons. The number of nitrogens with zero attached hydrogens (tertiary/aromatic N) is 2. The number of hydrogen-bond donors (Lipinski definition) is 1. The van der Waals surface area contributed by atoms with Gasteiger partial charge in [0.15, 0.2) is 0 Å². The third kappa shape index (κ3) is 4.65. The van der Waals surface area contributed by atoms with Crippen LogP contribution in [-0.4, -0.2) is 48.4 Å². The molecule has 0 bridgehead atoms. The third-order valence-corrected chi connectivity index (χ3v) is 4.79. The molecule has 4 nitrogen and oxygen atoms in total. The summed E-state index contributed by atoms with van der Waals surface area (Å²) >= 11 is 0. The number of nitrogens with one attached hydrogen (secondary N) is 1. The van der Waals surface area contributed by atoms with Gasteiger partial charge in [-0.25, -0.2) is 8.78 Å². The average molecular weight is 359 g/mol. The molecule has 2 aromatic rings. The molecule has 2 aromatic carbocycles. The molecule has 1 N–H and O–H groups in total. The zero-order valence-electron chi connectivity index (χ0n) is 14.8. The highest BCUT2D eigenvalue weighted by molar-refractivity contribution is 5.92. The lowest BCUT2D eigenvalue weighted by Crippen LogP contribution is -2.49. The van der Waals surface area contributed by atoms with Crippen LogP contribution in [0.25, 0.3) is 0 Å². The van der Waals surface area contributed by atoms with Gasteiger partial charge in [0.05, 0.1) is 6.54 Å². The number of hydrogen-bond acceptors (Lipinski definition) is 3. The predicted octanol–water partition coefficient (Wildman–Crippen LogP) is 3.28. The number of rotatable bonds is 5. The SMILES string of the molecule is CC(c1ccccc1F)N1CCN(CC(=O)Nc2cccc(F)c2)CC1. The number of piperazine rings is 1. The summed E-state index contributed by atoms with van der Waals surface area (Å²) < 4.78 is 27.1. The standard InChI is InChI=1S/C20H23F2N3O/c1-15(18-7-2-3-8-19(18)22)25-11-9-24(10-12-25)14-20(26)23-17-6-4-5-16(21)13-17/h2-8,13,15H,9-12,14H2,1H3,(H,23,26). The van der Waals surface area contributed by atoms with Gasteiger partial charge in [-0.05, 0) is 31.2 Å². The first-order chi connectivity index (χ1) is 12.5. The summed E-state index contributed by atoms with van der Waals surface area (Å²) in [5, 5.41) is 2.71. The van der Waals surface area contributed by atoms with E-state index in [-0.39, 0.29) is 30.1 Å². The van der Waals surface area contributed by atoms with E-state index in [0.29, 0.717) is 11.3 Å². The van der Waals surface area contributed by atoms with Crippen LogP contribution in [0.3, 0.4) is 0 Å². The van der Waals surface area contributed by atoms with Gasteiger partial charge < -0.3 is 5.32 Å². The predicted molar refractivity (Wildman–Crippen MR) is 97.9 cm³/mol. The first-order valence-electron chi connectivity index (χ1n) is 8.79. The average Bonchev–Trinajstić information content (AvgIpc) is 2.62. The Hall–Kier alpha value is -2.31. The molecule has 1 fully saturated rings. The fourth-order valence-corrected chi connectivity index (χ4v) is 3.29. The fraction of sp³-hybridized carbons (Fsp3) is 0.350. The van der Waals surface area contributed by atoms with Crippen molar-refractivity contribution in [1.82, 2.24) is 9.80 Å². The van der Waals surface area contributed by atoms with Gasteiger partial charge in [0.25, 0.3) is 0 Å². The van der Waals surface area contributed by atoms with E-state index in [1.165, 1.54) is 18.2 Å². The second kappa shape index (κ2) is 8.38. The van der Waals surface area contributed by atoms with Crippen LogP contribution in [0.2, 0.25) is 0 Å². The van der Waals surface area contributed by atoms with E-state index in [9.17, 15) is 13.6 Å². The van der Waals surface area contributed by atoms with Crippen LogP contribution in [0.5, 0.6) is 0 Å². The van der Waals surface area contributed by atoms with Crippen LogP contribution in [0.4, 0.5) is 14.5 Å². The fourth-order valence-electron chi connectivity index (χ4n) is 3.29. The van der Waals surface area contributed by atoms with Crippen LogP contribution in [0.1, 0.15) is 18.5 Å². The van der Waals surface area contributed by atoms with E-state index < -0.39 is 0 Å². The maximum absolute atomic E-state index is 14.0. The van der Waals surface area contributed by atoms with Crippen molar-refractivity contribution in [3.63, 3.8) is 0 Å². The molecule has 1 unspecified atom stereocenters. The van der Waals surface area contributed by atoms with E-state index in [1.54, 1.807) is 18.2 Å². The second-order valence-electron chi connectivity index (χ2n) is 6.57. The highest BCUT2D eigenvalue weighted by Crippen LogP contribution is 2.23. The minimum absolute atomic E-state index is 0.000490. The first kappa shape index (κ1) is 18.5. The zero-order valence-corrected chi connectivity index (χ0v) is 14.8.